The zero-order chi connectivity index (χ0) is 27.1. The Hall–Kier alpha value is -3.08. The van der Waals surface area contributed by atoms with Crippen molar-refractivity contribution in [3.8, 4) is 0 Å². The number of fused-ring (bicyclic) bond motifs is 1. The summed E-state index contributed by atoms with van der Waals surface area (Å²) < 4.78 is 82.7. The van der Waals surface area contributed by atoms with Gasteiger partial charge < -0.3 is 10.2 Å². The predicted molar refractivity (Wildman–Crippen MR) is 131 cm³/mol. The molecule has 1 N–H and O–H groups in total. The second-order valence-corrected chi connectivity index (χ2v) is 9.86. The second kappa shape index (κ2) is 10.00. The third kappa shape index (κ3) is 5.92. The third-order valence-electron chi connectivity index (χ3n) is 6.36. The monoisotopic (exact) mass is 585 g/mol. The molecule has 1 aliphatic rings. The van der Waals surface area contributed by atoms with E-state index >= 15 is 0 Å². The fraction of sp³-hybridized carbons (Fsp3) is 0.308. The molecule has 1 atom stereocenters. The van der Waals surface area contributed by atoms with E-state index in [1.54, 1.807) is 0 Å². The van der Waals surface area contributed by atoms with E-state index in [2.05, 4.69) is 26.2 Å². The van der Waals surface area contributed by atoms with Gasteiger partial charge in [0.15, 0.2) is 0 Å². The molecule has 0 radical (unpaired) electrons. The Kier molecular flexibility index (Phi) is 7.29. The molecule has 1 aromatic heterocycles. The molecule has 1 unspecified atom stereocenters. The molecule has 4 rings (SSSR count). The lowest BCUT2D eigenvalue weighted by atomic mass is 10.0. The predicted octanol–water partition coefficient (Wildman–Crippen LogP) is 7.02. The normalized spacial score (nSPS) is 16.6. The van der Waals surface area contributed by atoms with Gasteiger partial charge in [-0.25, -0.2) is 4.98 Å². The molecule has 1 amide bonds. The van der Waals surface area contributed by atoms with Crippen LogP contribution in [0.25, 0.3) is 10.9 Å². The number of rotatable bonds is 5. The number of nitrogens with zero attached hydrogens (tertiary/aromatic N) is 2. The van der Waals surface area contributed by atoms with Gasteiger partial charge in [-0.2, -0.15) is 26.3 Å². The lowest BCUT2D eigenvalue weighted by Crippen LogP contribution is -2.35. The Labute approximate surface area is 217 Å². The molecule has 196 valence electrons. The molecule has 37 heavy (non-hydrogen) atoms. The van der Waals surface area contributed by atoms with E-state index in [1.807, 2.05) is 31.2 Å². The second-order valence-electron chi connectivity index (χ2n) is 8.94. The van der Waals surface area contributed by atoms with Crippen LogP contribution >= 0.6 is 15.9 Å². The summed E-state index contributed by atoms with van der Waals surface area (Å²) in [6.45, 7) is 3.29. The number of carbonyl (C=O) groups excluding carboxylic acids is 1. The molecular weight excluding hydrogens is 564 g/mol. The number of aryl methyl sites for hydroxylation is 1. The molecule has 3 aromatic rings. The van der Waals surface area contributed by atoms with Gasteiger partial charge in [0.25, 0.3) is 5.91 Å². The molecule has 0 fully saturated rings. The molecule has 0 spiro atoms. The first-order valence-electron chi connectivity index (χ1n) is 11.3. The number of hydrogen-bond acceptors (Lipinski definition) is 3. The lowest BCUT2D eigenvalue weighted by Gasteiger charge is -2.22. The summed E-state index contributed by atoms with van der Waals surface area (Å²) in [5.74, 6) is -3.06. The summed E-state index contributed by atoms with van der Waals surface area (Å²) in [5.41, 5.74) is 0.0378. The summed E-state index contributed by atoms with van der Waals surface area (Å²) in [5, 5.41) is 2.38. The van der Waals surface area contributed by atoms with Crippen molar-refractivity contribution in [2.24, 2.45) is 5.92 Å². The number of nitrogens with one attached hydrogen (secondary N) is 1. The van der Waals surface area contributed by atoms with Crippen LogP contribution < -0.4 is 5.32 Å². The van der Waals surface area contributed by atoms with Gasteiger partial charge in [0, 0.05) is 28.6 Å². The molecule has 0 saturated carbocycles. The van der Waals surface area contributed by atoms with Gasteiger partial charge in [0.1, 0.15) is 11.6 Å². The van der Waals surface area contributed by atoms with Crippen molar-refractivity contribution in [3.63, 3.8) is 0 Å². The van der Waals surface area contributed by atoms with Gasteiger partial charge in [-0.05, 0) is 50.1 Å². The number of pyridine rings is 1. The van der Waals surface area contributed by atoms with Gasteiger partial charge >= 0.3 is 12.4 Å². The number of amides is 1. The molecular formula is C26H22BrF6N3O. The molecule has 0 aliphatic carbocycles. The third-order valence-corrected chi connectivity index (χ3v) is 6.85. The molecule has 2 heterocycles. The molecule has 1 aliphatic heterocycles. The van der Waals surface area contributed by atoms with E-state index < -0.39 is 42.0 Å². The SMILES string of the molecule is CC1=C(NC(=O)c2cc(C(F)(F)F)nc3ccc(Br)cc23)C(C(F)(F)F)CN1CCc1ccc(C)cc1. The van der Waals surface area contributed by atoms with Crippen molar-refractivity contribution in [1.82, 2.24) is 15.2 Å². The van der Waals surface area contributed by atoms with Crippen LogP contribution in [-0.2, 0) is 12.6 Å². The topological polar surface area (TPSA) is 45.2 Å². The van der Waals surface area contributed by atoms with Crippen LogP contribution in [0.4, 0.5) is 26.3 Å². The standard InChI is InChI=1S/C26H22BrF6N3O/c1-14-3-5-16(6-4-14)9-10-36-13-20(25(28,29)30)23(15(36)2)35-24(37)19-12-22(26(31,32)33)34-21-8-7-17(27)11-18(19)21/h3-8,11-12,20H,9-10,13H2,1-2H3,(H,35,37). The highest BCUT2D eigenvalue weighted by molar-refractivity contribution is 9.10. The van der Waals surface area contributed by atoms with Crippen LogP contribution in [0.15, 0.2) is 64.4 Å². The van der Waals surface area contributed by atoms with E-state index in [4.69, 9.17) is 0 Å². The van der Waals surface area contributed by atoms with Crippen molar-refractivity contribution < 1.29 is 31.1 Å². The van der Waals surface area contributed by atoms with E-state index in [0.717, 1.165) is 11.1 Å². The molecule has 0 bridgehead atoms. The number of aromatic nitrogens is 1. The van der Waals surface area contributed by atoms with Crippen molar-refractivity contribution in [2.75, 3.05) is 13.1 Å². The van der Waals surface area contributed by atoms with Crippen LogP contribution in [0.5, 0.6) is 0 Å². The first kappa shape index (κ1) is 27.0. The van der Waals surface area contributed by atoms with Gasteiger partial charge in [-0.15, -0.1) is 0 Å². The average Bonchev–Trinajstić information content (AvgIpc) is 3.13. The van der Waals surface area contributed by atoms with Gasteiger partial charge in [0.2, 0.25) is 0 Å². The number of allylic oxidation sites excluding steroid dienone is 1. The Balaban J connectivity index is 1.67. The quantitative estimate of drug-likeness (QED) is 0.327. The Morgan fingerprint density at radius 1 is 1.05 bits per heavy atom. The zero-order valence-corrected chi connectivity index (χ0v) is 21.4. The highest BCUT2D eigenvalue weighted by atomic mass is 79.9. The summed E-state index contributed by atoms with van der Waals surface area (Å²) >= 11 is 3.21. The summed E-state index contributed by atoms with van der Waals surface area (Å²) in [6, 6.07) is 12.4. The summed E-state index contributed by atoms with van der Waals surface area (Å²) in [6.07, 6.45) is -9.02. The number of benzene rings is 2. The highest BCUT2D eigenvalue weighted by Crippen LogP contribution is 2.39. The van der Waals surface area contributed by atoms with E-state index in [1.165, 1.54) is 30.0 Å². The maximum atomic E-state index is 14.0. The molecule has 0 saturated heterocycles. The van der Waals surface area contributed by atoms with Gasteiger partial charge in [0.05, 0.1) is 16.8 Å². The van der Waals surface area contributed by atoms with Gasteiger partial charge in [-0.1, -0.05) is 45.8 Å². The van der Waals surface area contributed by atoms with Crippen molar-refractivity contribution in [2.45, 2.75) is 32.6 Å². The fourth-order valence-corrected chi connectivity index (χ4v) is 4.68. The fourth-order valence-electron chi connectivity index (χ4n) is 4.31. The van der Waals surface area contributed by atoms with Crippen molar-refractivity contribution >= 4 is 32.7 Å². The Morgan fingerprint density at radius 2 is 1.73 bits per heavy atom. The minimum atomic E-state index is -4.85. The maximum absolute atomic E-state index is 14.0. The van der Waals surface area contributed by atoms with Crippen molar-refractivity contribution in [1.29, 1.82) is 0 Å². The Morgan fingerprint density at radius 3 is 2.35 bits per heavy atom. The number of carbonyl (C=O) groups is 1. The van der Waals surface area contributed by atoms with Crippen LogP contribution in [0.2, 0.25) is 0 Å². The largest absolute Gasteiger partial charge is 0.433 e. The first-order chi connectivity index (χ1) is 17.2. The van der Waals surface area contributed by atoms with E-state index in [0.29, 0.717) is 17.0 Å². The maximum Gasteiger partial charge on any atom is 0.433 e. The van der Waals surface area contributed by atoms with Gasteiger partial charge in [-0.3, -0.25) is 4.79 Å². The van der Waals surface area contributed by atoms with Crippen LogP contribution in [-0.4, -0.2) is 35.1 Å². The molecule has 2 aromatic carbocycles. The summed E-state index contributed by atoms with van der Waals surface area (Å²) in [4.78, 5) is 18.3. The summed E-state index contributed by atoms with van der Waals surface area (Å²) in [7, 11) is 0. The van der Waals surface area contributed by atoms with Crippen LogP contribution in [0.3, 0.4) is 0 Å². The smallest absolute Gasteiger partial charge is 0.372 e. The van der Waals surface area contributed by atoms with Crippen LogP contribution in [0.1, 0.15) is 34.1 Å². The average molecular weight is 586 g/mol. The molecule has 11 heteroatoms. The van der Waals surface area contributed by atoms with Crippen LogP contribution in [0, 0.1) is 12.8 Å². The zero-order valence-electron chi connectivity index (χ0n) is 19.8. The van der Waals surface area contributed by atoms with Crippen molar-refractivity contribution in [3.05, 3.63) is 86.8 Å². The molecule has 4 nitrogen and oxygen atoms in total. The number of hydrogen-bond donors (Lipinski definition) is 1. The van der Waals surface area contributed by atoms with E-state index in [9.17, 15) is 31.1 Å². The lowest BCUT2D eigenvalue weighted by molar-refractivity contribution is -0.164. The minimum Gasteiger partial charge on any atom is -0.372 e. The first-order valence-corrected chi connectivity index (χ1v) is 12.1. The Bertz CT molecular complexity index is 1370. The van der Waals surface area contributed by atoms with E-state index in [-0.39, 0.29) is 28.8 Å². The number of alkyl halides is 6. The highest BCUT2D eigenvalue weighted by Gasteiger charge is 2.48. The number of halogens is 7. The minimum absolute atomic E-state index is 0.0795.